The maximum absolute atomic E-state index is 7.44. The molecule has 0 atom stereocenters. The van der Waals surface area contributed by atoms with Crippen molar-refractivity contribution < 1.29 is 4.74 Å². The van der Waals surface area contributed by atoms with Gasteiger partial charge in [0, 0.05) is 11.8 Å². The smallest absolute Gasteiger partial charge is 0.151 e. The molecule has 0 saturated heterocycles. The van der Waals surface area contributed by atoms with Crippen molar-refractivity contribution in [1.82, 2.24) is 0 Å². The molecule has 0 fully saturated rings. The van der Waals surface area contributed by atoms with E-state index in [1.807, 2.05) is 0 Å². The average molecular weight is 177 g/mol. The standard InChI is InChI=1S/C9H11N3O/c1-13-9-6(8(12)5-10)3-2-4-7(9)11/h2-5,10,12H,11H2,1H3. The molecule has 0 radical (unpaired) electrons. The summed E-state index contributed by atoms with van der Waals surface area (Å²) in [5, 5.41) is 14.4. The molecule has 0 aliphatic carbocycles. The van der Waals surface area contributed by atoms with E-state index in [-0.39, 0.29) is 5.71 Å². The van der Waals surface area contributed by atoms with Crippen LogP contribution in [0.1, 0.15) is 5.56 Å². The molecule has 68 valence electrons. The highest BCUT2D eigenvalue weighted by Crippen LogP contribution is 2.25. The lowest BCUT2D eigenvalue weighted by molar-refractivity contribution is 0.416. The van der Waals surface area contributed by atoms with E-state index in [4.69, 9.17) is 21.3 Å². The molecule has 0 amide bonds. The van der Waals surface area contributed by atoms with Gasteiger partial charge in [-0.2, -0.15) is 0 Å². The Balaban J connectivity index is 3.27. The number of ether oxygens (including phenoxy) is 1. The zero-order chi connectivity index (χ0) is 9.84. The summed E-state index contributed by atoms with van der Waals surface area (Å²) in [5.74, 6) is 0.455. The molecule has 1 rings (SSSR count). The van der Waals surface area contributed by atoms with Crippen LogP contribution in [0.2, 0.25) is 0 Å². The number of rotatable bonds is 3. The topological polar surface area (TPSA) is 83.0 Å². The summed E-state index contributed by atoms with van der Waals surface area (Å²) in [7, 11) is 1.49. The first-order chi connectivity index (χ1) is 6.20. The van der Waals surface area contributed by atoms with Gasteiger partial charge in [0.2, 0.25) is 0 Å². The maximum atomic E-state index is 7.44. The fraction of sp³-hybridized carbons (Fsp3) is 0.111. The van der Waals surface area contributed by atoms with Gasteiger partial charge in [0.1, 0.15) is 0 Å². The fourth-order valence-corrected chi connectivity index (χ4v) is 1.07. The van der Waals surface area contributed by atoms with Crippen LogP contribution in [-0.2, 0) is 0 Å². The second-order valence-electron chi connectivity index (χ2n) is 2.49. The van der Waals surface area contributed by atoms with Gasteiger partial charge in [0.15, 0.2) is 5.75 Å². The van der Waals surface area contributed by atoms with Gasteiger partial charge in [-0.15, -0.1) is 0 Å². The van der Waals surface area contributed by atoms with Crippen LogP contribution < -0.4 is 10.5 Å². The Bertz CT molecular complexity index is 347. The second-order valence-corrected chi connectivity index (χ2v) is 2.49. The highest BCUT2D eigenvalue weighted by atomic mass is 16.5. The molecule has 0 spiro atoms. The number of nitrogen functional groups attached to an aromatic ring is 1. The largest absolute Gasteiger partial charge is 0.494 e. The Morgan fingerprint density at radius 2 is 2.23 bits per heavy atom. The van der Waals surface area contributed by atoms with Gasteiger partial charge in [-0.25, -0.2) is 0 Å². The van der Waals surface area contributed by atoms with Crippen LogP contribution in [0.15, 0.2) is 18.2 Å². The van der Waals surface area contributed by atoms with Gasteiger partial charge >= 0.3 is 0 Å². The van der Waals surface area contributed by atoms with Crippen LogP contribution in [0.25, 0.3) is 0 Å². The number of benzene rings is 1. The summed E-state index contributed by atoms with van der Waals surface area (Å²) < 4.78 is 5.03. The number of hydrogen-bond acceptors (Lipinski definition) is 4. The van der Waals surface area contributed by atoms with Gasteiger partial charge in [-0.3, -0.25) is 5.41 Å². The summed E-state index contributed by atoms with van der Waals surface area (Å²) in [6.45, 7) is 0. The molecule has 0 unspecified atom stereocenters. The quantitative estimate of drug-likeness (QED) is 0.480. The van der Waals surface area contributed by atoms with Crippen molar-refractivity contribution in [1.29, 1.82) is 10.8 Å². The van der Waals surface area contributed by atoms with E-state index >= 15 is 0 Å². The molecule has 0 heterocycles. The Kier molecular flexibility index (Phi) is 2.64. The zero-order valence-corrected chi connectivity index (χ0v) is 7.29. The van der Waals surface area contributed by atoms with E-state index in [0.717, 1.165) is 6.21 Å². The summed E-state index contributed by atoms with van der Waals surface area (Å²) in [5.41, 5.74) is 6.73. The number of para-hydroxylation sites is 1. The lowest BCUT2D eigenvalue weighted by Gasteiger charge is -2.08. The van der Waals surface area contributed by atoms with Gasteiger partial charge in [-0.05, 0) is 12.1 Å². The molecular weight excluding hydrogens is 166 g/mol. The average Bonchev–Trinajstić information content (AvgIpc) is 2.16. The molecule has 4 nitrogen and oxygen atoms in total. The number of nitrogens with two attached hydrogens (primary N) is 1. The van der Waals surface area contributed by atoms with Gasteiger partial charge in [0.25, 0.3) is 0 Å². The third-order valence-corrected chi connectivity index (χ3v) is 1.68. The summed E-state index contributed by atoms with van der Waals surface area (Å²) in [6.07, 6.45) is 0.956. The number of nitrogens with one attached hydrogen (secondary N) is 2. The van der Waals surface area contributed by atoms with Crippen LogP contribution in [0.3, 0.4) is 0 Å². The second kappa shape index (κ2) is 3.71. The Labute approximate surface area is 76.4 Å². The minimum absolute atomic E-state index is 0.0872. The van der Waals surface area contributed by atoms with Crippen molar-refractivity contribution in [2.75, 3.05) is 12.8 Å². The minimum Gasteiger partial charge on any atom is -0.494 e. The summed E-state index contributed by atoms with van der Waals surface area (Å²) >= 11 is 0. The minimum atomic E-state index is 0.0872. The predicted octanol–water partition coefficient (Wildman–Crippen LogP) is 1.29. The number of hydrogen-bond donors (Lipinski definition) is 3. The van der Waals surface area contributed by atoms with Crippen molar-refractivity contribution in [2.45, 2.75) is 0 Å². The highest BCUT2D eigenvalue weighted by molar-refractivity contribution is 6.36. The first-order valence-electron chi connectivity index (χ1n) is 3.72. The number of methoxy groups -OCH3 is 1. The third-order valence-electron chi connectivity index (χ3n) is 1.68. The molecule has 0 bridgehead atoms. The van der Waals surface area contributed by atoms with Crippen molar-refractivity contribution in [2.24, 2.45) is 0 Å². The molecule has 0 aliphatic rings. The Hall–Kier alpha value is -1.84. The first kappa shape index (κ1) is 9.25. The predicted molar refractivity (Wildman–Crippen MR) is 53.0 cm³/mol. The van der Waals surface area contributed by atoms with Crippen molar-refractivity contribution >= 4 is 17.6 Å². The Morgan fingerprint density at radius 1 is 1.54 bits per heavy atom. The van der Waals surface area contributed by atoms with Crippen LogP contribution in [0.5, 0.6) is 5.75 Å². The molecule has 4 heteroatoms. The van der Waals surface area contributed by atoms with Crippen LogP contribution in [-0.4, -0.2) is 19.0 Å². The zero-order valence-electron chi connectivity index (χ0n) is 7.29. The molecule has 13 heavy (non-hydrogen) atoms. The van der Waals surface area contributed by atoms with Gasteiger partial charge < -0.3 is 15.9 Å². The van der Waals surface area contributed by atoms with E-state index in [2.05, 4.69) is 0 Å². The SMILES string of the molecule is COc1c(N)cccc1C(=N)C=N. The maximum Gasteiger partial charge on any atom is 0.151 e. The van der Waals surface area contributed by atoms with E-state index in [1.54, 1.807) is 18.2 Å². The molecule has 1 aromatic rings. The van der Waals surface area contributed by atoms with Gasteiger partial charge in [0.05, 0.1) is 18.5 Å². The normalized spacial score (nSPS) is 9.31. The van der Waals surface area contributed by atoms with Crippen LogP contribution in [0.4, 0.5) is 5.69 Å². The van der Waals surface area contributed by atoms with E-state index in [1.165, 1.54) is 7.11 Å². The van der Waals surface area contributed by atoms with E-state index in [9.17, 15) is 0 Å². The van der Waals surface area contributed by atoms with Gasteiger partial charge in [-0.1, -0.05) is 6.07 Å². The van der Waals surface area contributed by atoms with Crippen molar-refractivity contribution in [3.63, 3.8) is 0 Å². The fourth-order valence-electron chi connectivity index (χ4n) is 1.07. The summed E-state index contributed by atoms with van der Waals surface area (Å²) in [6, 6.07) is 5.12. The van der Waals surface area contributed by atoms with Crippen LogP contribution in [0, 0.1) is 10.8 Å². The monoisotopic (exact) mass is 177 g/mol. The van der Waals surface area contributed by atoms with Crippen molar-refractivity contribution in [3.05, 3.63) is 23.8 Å². The van der Waals surface area contributed by atoms with Crippen molar-refractivity contribution in [3.8, 4) is 5.75 Å². The first-order valence-corrected chi connectivity index (χ1v) is 3.72. The highest BCUT2D eigenvalue weighted by Gasteiger charge is 2.08. The third kappa shape index (κ3) is 1.66. The molecule has 1 aromatic carbocycles. The lowest BCUT2D eigenvalue weighted by Crippen LogP contribution is -2.04. The van der Waals surface area contributed by atoms with E-state index < -0.39 is 0 Å². The Morgan fingerprint density at radius 3 is 2.77 bits per heavy atom. The molecule has 0 aromatic heterocycles. The molecule has 0 aliphatic heterocycles. The van der Waals surface area contributed by atoms with E-state index in [0.29, 0.717) is 17.0 Å². The molecular formula is C9H11N3O. The summed E-state index contributed by atoms with van der Waals surface area (Å²) in [4.78, 5) is 0. The lowest BCUT2D eigenvalue weighted by atomic mass is 10.1. The molecule has 0 saturated carbocycles. The number of anilines is 1. The molecule has 4 N–H and O–H groups in total. The van der Waals surface area contributed by atoms with Crippen LogP contribution >= 0.6 is 0 Å².